The summed E-state index contributed by atoms with van der Waals surface area (Å²) in [6, 6.07) is 15.0. The molecule has 0 aliphatic carbocycles. The Bertz CT molecular complexity index is 1200. The van der Waals surface area contributed by atoms with Crippen LogP contribution in [0.4, 0.5) is 19.7 Å². The molecule has 3 aromatic rings. The molecule has 4 rings (SSSR count). The number of benzene rings is 2. The number of urea groups is 1. The Labute approximate surface area is 206 Å². The highest BCUT2D eigenvalue weighted by Gasteiger charge is 2.26. The van der Waals surface area contributed by atoms with Gasteiger partial charge in [-0.1, -0.05) is 30.3 Å². The van der Waals surface area contributed by atoms with E-state index in [0.717, 1.165) is 28.8 Å². The van der Waals surface area contributed by atoms with E-state index in [0.29, 0.717) is 24.3 Å². The molecular weight excluding hydrogens is 469 g/mol. The molecular formula is C26H26FN3O4S. The van der Waals surface area contributed by atoms with Crippen molar-refractivity contribution in [3.05, 3.63) is 76.2 Å². The van der Waals surface area contributed by atoms with Gasteiger partial charge in [0.2, 0.25) is 0 Å². The summed E-state index contributed by atoms with van der Waals surface area (Å²) in [6.07, 6.45) is 0.741. The number of hydrogen-bond donors (Lipinski definition) is 2. The van der Waals surface area contributed by atoms with Crippen LogP contribution < -0.4 is 10.6 Å². The topological polar surface area (TPSA) is 87.7 Å². The summed E-state index contributed by atoms with van der Waals surface area (Å²) < 4.78 is 18.1. The minimum atomic E-state index is -0.741. The number of ether oxygens (including phenoxy) is 1. The lowest BCUT2D eigenvalue weighted by atomic mass is 9.95. The summed E-state index contributed by atoms with van der Waals surface area (Å²) in [4.78, 5) is 39.3. The van der Waals surface area contributed by atoms with Crippen molar-refractivity contribution >= 4 is 35.1 Å². The van der Waals surface area contributed by atoms with Gasteiger partial charge in [-0.3, -0.25) is 4.79 Å². The molecule has 7 nitrogen and oxygen atoms in total. The van der Waals surface area contributed by atoms with Crippen molar-refractivity contribution in [3.63, 3.8) is 0 Å². The lowest BCUT2D eigenvalue weighted by Gasteiger charge is -2.31. The molecule has 0 spiro atoms. The van der Waals surface area contributed by atoms with E-state index in [9.17, 15) is 18.8 Å². The number of nitrogens with zero attached hydrogens (tertiary/aromatic N) is 1. The van der Waals surface area contributed by atoms with Crippen LogP contribution in [0.1, 0.15) is 40.9 Å². The van der Waals surface area contributed by atoms with E-state index < -0.39 is 12.1 Å². The third-order valence-electron chi connectivity index (χ3n) is 5.88. The fourth-order valence-corrected chi connectivity index (χ4v) is 5.12. The number of carbonyl (C=O) groups excluding carboxylic acids is 3. The zero-order valence-corrected chi connectivity index (χ0v) is 20.1. The molecule has 9 heteroatoms. The average Bonchev–Trinajstić information content (AvgIpc) is 3.36. The number of amides is 4. The Kier molecular flexibility index (Phi) is 7.77. The number of nitrogens with one attached hydrogen (secondary N) is 2. The number of halogens is 1. The summed E-state index contributed by atoms with van der Waals surface area (Å²) in [5.74, 6) is -0.292. The fourth-order valence-electron chi connectivity index (χ4n) is 4.05. The molecule has 1 fully saturated rings. The molecule has 1 aliphatic heterocycles. The van der Waals surface area contributed by atoms with E-state index in [4.69, 9.17) is 4.74 Å². The van der Waals surface area contributed by atoms with Crippen molar-refractivity contribution in [2.75, 3.05) is 25.0 Å². The summed E-state index contributed by atoms with van der Waals surface area (Å²) in [5, 5.41) is 7.04. The number of alkyl carbamates (subject to hydrolysis) is 1. The molecule has 1 saturated heterocycles. The predicted molar refractivity (Wildman–Crippen MR) is 133 cm³/mol. The molecule has 182 valence electrons. The second kappa shape index (κ2) is 11.1. The van der Waals surface area contributed by atoms with Gasteiger partial charge >= 0.3 is 12.1 Å². The van der Waals surface area contributed by atoms with Crippen LogP contribution in [-0.2, 0) is 4.74 Å². The third-order valence-corrected chi connectivity index (χ3v) is 6.98. The highest BCUT2D eigenvalue weighted by atomic mass is 32.1. The predicted octanol–water partition coefficient (Wildman–Crippen LogP) is 5.85. The van der Waals surface area contributed by atoms with Crippen molar-refractivity contribution in [2.45, 2.75) is 25.7 Å². The second-order valence-electron chi connectivity index (χ2n) is 8.16. The van der Waals surface area contributed by atoms with Crippen molar-refractivity contribution in [2.24, 2.45) is 0 Å². The molecule has 0 radical (unpaired) electrons. The van der Waals surface area contributed by atoms with Gasteiger partial charge in [0, 0.05) is 34.6 Å². The summed E-state index contributed by atoms with van der Waals surface area (Å²) in [5.41, 5.74) is 2.84. The van der Waals surface area contributed by atoms with Gasteiger partial charge in [0.15, 0.2) is 0 Å². The number of para-hydroxylation sites is 1. The van der Waals surface area contributed by atoms with E-state index in [2.05, 4.69) is 10.6 Å². The molecule has 0 bridgehead atoms. The molecule has 2 heterocycles. The first-order chi connectivity index (χ1) is 16.9. The van der Waals surface area contributed by atoms with E-state index in [-0.39, 0.29) is 24.2 Å². The largest absolute Gasteiger partial charge is 0.450 e. The molecule has 4 amide bonds. The molecule has 1 aliphatic rings. The minimum Gasteiger partial charge on any atom is -0.450 e. The number of piperidine rings is 1. The smallest absolute Gasteiger partial charge is 0.415 e. The standard InChI is InChI=1S/C26H26FN3O4S/c1-2-34-26(33)29-25(32)30-13-11-18(12-14-30)23-15-19(16-35-23)24(31)28-22-6-4-3-5-21(22)17-7-9-20(27)10-8-17/h3-10,15-16,18H,2,11-14H2,1H3,(H,28,31)(H,29,32,33). The van der Waals surface area contributed by atoms with Gasteiger partial charge in [-0.2, -0.15) is 0 Å². The van der Waals surface area contributed by atoms with E-state index in [1.165, 1.54) is 23.5 Å². The van der Waals surface area contributed by atoms with Crippen LogP contribution in [0, 0.1) is 5.82 Å². The molecule has 35 heavy (non-hydrogen) atoms. The maximum absolute atomic E-state index is 13.3. The van der Waals surface area contributed by atoms with Crippen LogP contribution >= 0.6 is 11.3 Å². The first-order valence-corrected chi connectivity index (χ1v) is 12.3. The van der Waals surface area contributed by atoms with Crippen LogP contribution in [0.2, 0.25) is 0 Å². The highest BCUT2D eigenvalue weighted by molar-refractivity contribution is 7.10. The Morgan fingerprint density at radius 3 is 2.51 bits per heavy atom. The third kappa shape index (κ3) is 6.05. The molecule has 0 saturated carbocycles. The summed E-state index contributed by atoms with van der Waals surface area (Å²) in [7, 11) is 0. The molecule has 0 unspecified atom stereocenters. The van der Waals surface area contributed by atoms with Crippen molar-refractivity contribution in [3.8, 4) is 11.1 Å². The van der Waals surface area contributed by atoms with Gasteiger partial charge in [0.1, 0.15) is 5.82 Å². The zero-order chi connectivity index (χ0) is 24.8. The minimum absolute atomic E-state index is 0.202. The number of imide groups is 1. The van der Waals surface area contributed by atoms with Gasteiger partial charge in [-0.05, 0) is 55.5 Å². The van der Waals surface area contributed by atoms with Crippen LogP contribution in [-0.4, -0.2) is 42.6 Å². The number of likely N-dealkylation sites (tertiary alicyclic amines) is 1. The quantitative estimate of drug-likeness (QED) is 0.465. The molecule has 2 aromatic carbocycles. The first kappa shape index (κ1) is 24.4. The Hall–Kier alpha value is -3.72. The highest BCUT2D eigenvalue weighted by Crippen LogP contribution is 2.33. The molecule has 2 N–H and O–H groups in total. The van der Waals surface area contributed by atoms with E-state index in [1.54, 1.807) is 24.0 Å². The monoisotopic (exact) mass is 495 g/mol. The van der Waals surface area contributed by atoms with Gasteiger partial charge < -0.3 is 15.0 Å². The Morgan fingerprint density at radius 2 is 1.80 bits per heavy atom. The van der Waals surface area contributed by atoms with Gasteiger partial charge in [0.05, 0.1) is 12.2 Å². The van der Waals surface area contributed by atoms with E-state index >= 15 is 0 Å². The van der Waals surface area contributed by atoms with Gasteiger partial charge in [-0.15, -0.1) is 11.3 Å². The van der Waals surface area contributed by atoms with Crippen molar-refractivity contribution in [1.29, 1.82) is 0 Å². The number of thiophene rings is 1. The van der Waals surface area contributed by atoms with Crippen LogP contribution in [0.25, 0.3) is 11.1 Å². The maximum Gasteiger partial charge on any atom is 0.415 e. The lowest BCUT2D eigenvalue weighted by molar-refractivity contribution is 0.102. The van der Waals surface area contributed by atoms with Crippen LogP contribution in [0.5, 0.6) is 0 Å². The molecule has 0 atom stereocenters. The first-order valence-electron chi connectivity index (χ1n) is 11.4. The molecule has 1 aromatic heterocycles. The average molecular weight is 496 g/mol. The second-order valence-corrected chi connectivity index (χ2v) is 9.10. The van der Waals surface area contributed by atoms with Gasteiger partial charge in [-0.25, -0.2) is 19.3 Å². The normalized spacial score (nSPS) is 13.8. The number of rotatable bonds is 5. The fraction of sp³-hybridized carbons (Fsp3) is 0.269. The number of anilines is 1. The lowest BCUT2D eigenvalue weighted by Crippen LogP contribution is -2.46. The van der Waals surface area contributed by atoms with Crippen LogP contribution in [0.3, 0.4) is 0 Å². The SMILES string of the molecule is CCOC(=O)NC(=O)N1CCC(c2cc(C(=O)Nc3ccccc3-c3ccc(F)cc3)cs2)CC1. The Morgan fingerprint density at radius 1 is 1.09 bits per heavy atom. The zero-order valence-electron chi connectivity index (χ0n) is 19.3. The van der Waals surface area contributed by atoms with Gasteiger partial charge in [0.25, 0.3) is 5.91 Å². The Balaban J connectivity index is 1.37. The van der Waals surface area contributed by atoms with Crippen molar-refractivity contribution in [1.82, 2.24) is 10.2 Å². The van der Waals surface area contributed by atoms with Crippen molar-refractivity contribution < 1.29 is 23.5 Å². The number of carbonyl (C=O) groups is 3. The maximum atomic E-state index is 13.3. The van der Waals surface area contributed by atoms with Crippen LogP contribution in [0.15, 0.2) is 60.0 Å². The van der Waals surface area contributed by atoms with E-state index in [1.807, 2.05) is 35.7 Å². The number of hydrogen-bond acceptors (Lipinski definition) is 5. The summed E-state index contributed by atoms with van der Waals surface area (Å²) in [6.45, 7) is 2.91. The summed E-state index contributed by atoms with van der Waals surface area (Å²) >= 11 is 1.53.